The molecule has 0 saturated carbocycles. The quantitative estimate of drug-likeness (QED) is 0.779. The smallest absolute Gasteiger partial charge is 0.319 e. The van der Waals surface area contributed by atoms with Crippen LogP contribution < -0.4 is 16.2 Å². The Morgan fingerprint density at radius 3 is 2.91 bits per heavy atom. The number of rotatable bonds is 3. The lowest BCUT2D eigenvalue weighted by atomic mass is 10.1. The maximum Gasteiger partial charge on any atom is 0.319 e. The number of aromatic nitrogens is 1. The van der Waals surface area contributed by atoms with Gasteiger partial charge in [-0.25, -0.2) is 4.79 Å². The Balaban J connectivity index is 1.74. The van der Waals surface area contributed by atoms with Gasteiger partial charge in [-0.2, -0.15) is 0 Å². The fraction of sp³-hybridized carbons (Fsp3) is 0.125. The first kappa shape index (κ1) is 13.9. The molecule has 2 aromatic heterocycles. The molecule has 6 nitrogen and oxygen atoms in total. The van der Waals surface area contributed by atoms with E-state index in [0.717, 1.165) is 5.39 Å². The molecule has 112 valence electrons. The summed E-state index contributed by atoms with van der Waals surface area (Å²) < 4.78 is 6.64. The maximum atomic E-state index is 12.1. The second-order valence-electron chi connectivity index (χ2n) is 4.92. The van der Waals surface area contributed by atoms with E-state index in [9.17, 15) is 9.59 Å². The van der Waals surface area contributed by atoms with E-state index < -0.39 is 0 Å². The molecule has 2 N–H and O–H groups in total. The van der Waals surface area contributed by atoms with Crippen molar-refractivity contribution in [3.8, 4) is 0 Å². The molecular formula is C16H15N3O3. The Bertz CT molecular complexity index is 866. The van der Waals surface area contributed by atoms with Crippen LogP contribution >= 0.6 is 0 Å². The topological polar surface area (TPSA) is 76.3 Å². The van der Waals surface area contributed by atoms with Gasteiger partial charge in [0.05, 0.1) is 12.8 Å². The van der Waals surface area contributed by atoms with E-state index in [1.807, 2.05) is 6.07 Å². The summed E-state index contributed by atoms with van der Waals surface area (Å²) in [5.74, 6) is 0.669. The van der Waals surface area contributed by atoms with Gasteiger partial charge in [-0.05, 0) is 35.7 Å². The Morgan fingerprint density at radius 2 is 2.14 bits per heavy atom. The third-order valence-electron chi connectivity index (χ3n) is 3.34. The number of amides is 2. The molecule has 0 radical (unpaired) electrons. The van der Waals surface area contributed by atoms with Gasteiger partial charge in [0.15, 0.2) is 0 Å². The van der Waals surface area contributed by atoms with Crippen LogP contribution in [0.1, 0.15) is 5.76 Å². The highest BCUT2D eigenvalue weighted by Gasteiger charge is 2.06. The van der Waals surface area contributed by atoms with Gasteiger partial charge in [-0.1, -0.05) is 6.07 Å². The summed E-state index contributed by atoms with van der Waals surface area (Å²) in [7, 11) is 1.69. The lowest BCUT2D eigenvalue weighted by Crippen LogP contribution is -2.28. The summed E-state index contributed by atoms with van der Waals surface area (Å²) >= 11 is 0. The summed E-state index contributed by atoms with van der Waals surface area (Å²) in [6.45, 7) is 0.300. The summed E-state index contributed by atoms with van der Waals surface area (Å²) in [5, 5.41) is 6.79. The Morgan fingerprint density at radius 1 is 1.27 bits per heavy atom. The molecule has 0 atom stereocenters. The summed E-state index contributed by atoms with van der Waals surface area (Å²) in [6.07, 6.45) is 3.27. The second kappa shape index (κ2) is 5.77. The third kappa shape index (κ3) is 2.85. The first-order valence-electron chi connectivity index (χ1n) is 6.80. The molecule has 6 heteroatoms. The van der Waals surface area contributed by atoms with Gasteiger partial charge in [0.1, 0.15) is 5.76 Å². The molecule has 0 saturated heterocycles. The van der Waals surface area contributed by atoms with Crippen LogP contribution in [0.4, 0.5) is 10.5 Å². The predicted octanol–water partition coefficient (Wildman–Crippen LogP) is 2.45. The van der Waals surface area contributed by atoms with Gasteiger partial charge in [0.2, 0.25) is 0 Å². The Hall–Kier alpha value is -3.02. The van der Waals surface area contributed by atoms with Crippen molar-refractivity contribution in [1.82, 2.24) is 9.88 Å². The highest BCUT2D eigenvalue weighted by Crippen LogP contribution is 2.15. The van der Waals surface area contributed by atoms with Gasteiger partial charge >= 0.3 is 6.03 Å². The van der Waals surface area contributed by atoms with Crippen molar-refractivity contribution >= 4 is 22.5 Å². The first-order valence-corrected chi connectivity index (χ1v) is 6.80. The number of furan rings is 1. The van der Waals surface area contributed by atoms with Crippen molar-refractivity contribution in [2.45, 2.75) is 6.54 Å². The van der Waals surface area contributed by atoms with Crippen LogP contribution in [0.5, 0.6) is 0 Å². The molecule has 0 bridgehead atoms. The molecule has 2 heterocycles. The summed E-state index contributed by atoms with van der Waals surface area (Å²) in [6, 6.07) is 10.3. The van der Waals surface area contributed by atoms with Crippen molar-refractivity contribution in [3.05, 3.63) is 65.0 Å². The van der Waals surface area contributed by atoms with Gasteiger partial charge in [-0.3, -0.25) is 4.79 Å². The molecule has 2 amide bonds. The highest BCUT2D eigenvalue weighted by molar-refractivity contribution is 5.93. The van der Waals surface area contributed by atoms with Crippen LogP contribution in [-0.4, -0.2) is 10.6 Å². The van der Waals surface area contributed by atoms with Gasteiger partial charge in [0.25, 0.3) is 5.56 Å². The number of carbonyl (C=O) groups is 1. The summed E-state index contributed by atoms with van der Waals surface area (Å²) in [5.41, 5.74) is 0.463. The molecule has 0 aliphatic rings. The number of pyridine rings is 1. The van der Waals surface area contributed by atoms with Crippen molar-refractivity contribution in [2.75, 3.05) is 5.32 Å². The van der Waals surface area contributed by atoms with Crippen molar-refractivity contribution < 1.29 is 9.21 Å². The molecular weight excluding hydrogens is 282 g/mol. The number of urea groups is 1. The van der Waals surface area contributed by atoms with E-state index in [4.69, 9.17) is 4.42 Å². The fourth-order valence-electron chi connectivity index (χ4n) is 2.17. The Kier molecular flexibility index (Phi) is 3.65. The van der Waals surface area contributed by atoms with E-state index >= 15 is 0 Å². The van der Waals surface area contributed by atoms with Gasteiger partial charge < -0.3 is 19.6 Å². The normalized spacial score (nSPS) is 10.6. The minimum Gasteiger partial charge on any atom is -0.467 e. The average Bonchev–Trinajstić information content (AvgIpc) is 3.03. The summed E-state index contributed by atoms with van der Waals surface area (Å²) in [4.78, 5) is 23.9. The molecule has 1 aromatic carbocycles. The molecule has 0 fully saturated rings. The van der Waals surface area contributed by atoms with Crippen molar-refractivity contribution in [2.24, 2.45) is 7.05 Å². The minimum absolute atomic E-state index is 0.0999. The number of hydrogen-bond donors (Lipinski definition) is 2. The number of nitrogens with zero attached hydrogens (tertiary/aromatic N) is 1. The van der Waals surface area contributed by atoms with Crippen LogP contribution in [-0.2, 0) is 13.6 Å². The molecule has 3 rings (SSSR count). The zero-order valence-electron chi connectivity index (χ0n) is 12.0. The average molecular weight is 297 g/mol. The highest BCUT2D eigenvalue weighted by atomic mass is 16.3. The third-order valence-corrected chi connectivity index (χ3v) is 3.34. The van der Waals surface area contributed by atoms with Crippen LogP contribution in [0.15, 0.2) is 58.1 Å². The number of nitrogens with one attached hydrogen (secondary N) is 2. The van der Waals surface area contributed by atoms with E-state index in [1.165, 1.54) is 4.57 Å². The zero-order valence-corrected chi connectivity index (χ0v) is 12.0. The number of aryl methyl sites for hydroxylation is 1. The second-order valence-corrected chi connectivity index (χ2v) is 4.92. The number of fused-ring (bicyclic) bond motifs is 1. The van der Waals surface area contributed by atoms with Crippen LogP contribution in [0.25, 0.3) is 10.8 Å². The zero-order chi connectivity index (χ0) is 15.5. The molecule has 0 aliphatic carbocycles. The van der Waals surface area contributed by atoms with E-state index in [0.29, 0.717) is 23.4 Å². The first-order chi connectivity index (χ1) is 10.6. The predicted molar refractivity (Wildman–Crippen MR) is 83.8 cm³/mol. The largest absolute Gasteiger partial charge is 0.467 e. The lowest BCUT2D eigenvalue weighted by Gasteiger charge is -2.08. The van der Waals surface area contributed by atoms with Crippen LogP contribution in [0, 0.1) is 0 Å². The number of benzene rings is 1. The number of hydrogen-bond acceptors (Lipinski definition) is 3. The lowest BCUT2D eigenvalue weighted by molar-refractivity contribution is 0.251. The molecule has 22 heavy (non-hydrogen) atoms. The molecule has 3 aromatic rings. The molecule has 0 aliphatic heterocycles. The SMILES string of the molecule is Cn1ccc2ccc(NC(=O)NCc3ccco3)cc2c1=O. The van der Waals surface area contributed by atoms with Gasteiger partial charge in [0, 0.05) is 24.3 Å². The van der Waals surface area contributed by atoms with Gasteiger partial charge in [-0.15, -0.1) is 0 Å². The number of anilines is 1. The van der Waals surface area contributed by atoms with E-state index in [2.05, 4.69) is 10.6 Å². The molecule has 0 unspecified atom stereocenters. The fourth-order valence-corrected chi connectivity index (χ4v) is 2.17. The van der Waals surface area contributed by atoms with Crippen molar-refractivity contribution in [1.29, 1.82) is 0 Å². The maximum absolute atomic E-state index is 12.1. The standard InChI is InChI=1S/C16H15N3O3/c1-19-7-6-11-4-5-12(9-14(11)15(19)20)18-16(21)17-10-13-3-2-8-22-13/h2-9H,10H2,1H3,(H2,17,18,21). The van der Waals surface area contributed by atoms with E-state index in [-0.39, 0.29) is 11.6 Å². The van der Waals surface area contributed by atoms with Crippen molar-refractivity contribution in [3.63, 3.8) is 0 Å². The van der Waals surface area contributed by atoms with Crippen LogP contribution in [0.2, 0.25) is 0 Å². The monoisotopic (exact) mass is 297 g/mol. The Labute approximate surface area is 126 Å². The van der Waals surface area contributed by atoms with Crippen LogP contribution in [0.3, 0.4) is 0 Å². The molecule has 0 spiro atoms. The minimum atomic E-state index is -0.358. The van der Waals surface area contributed by atoms with E-state index in [1.54, 1.807) is 49.8 Å². The number of carbonyl (C=O) groups excluding carboxylic acids is 1.